The van der Waals surface area contributed by atoms with Gasteiger partial charge in [-0.3, -0.25) is 9.48 Å². The van der Waals surface area contributed by atoms with Gasteiger partial charge < -0.3 is 11.1 Å². The summed E-state index contributed by atoms with van der Waals surface area (Å²) in [6, 6.07) is 3.39. The van der Waals surface area contributed by atoms with Crippen LogP contribution in [-0.4, -0.2) is 27.2 Å². The van der Waals surface area contributed by atoms with Crippen molar-refractivity contribution in [1.29, 1.82) is 0 Å². The van der Waals surface area contributed by atoms with Gasteiger partial charge in [-0.15, -0.1) is 0 Å². The molecule has 0 bridgehead atoms. The fourth-order valence-corrected chi connectivity index (χ4v) is 1.74. The molecule has 0 unspecified atom stereocenters. The van der Waals surface area contributed by atoms with E-state index in [0.717, 1.165) is 16.8 Å². The second kappa shape index (κ2) is 6.68. The fraction of sp³-hybridized carbons (Fsp3) is 0.267. The molecule has 0 aliphatic carbocycles. The Morgan fingerprint density at radius 2 is 2.24 bits per heavy atom. The summed E-state index contributed by atoms with van der Waals surface area (Å²) in [6.07, 6.45) is 3.31. The van der Waals surface area contributed by atoms with Crippen LogP contribution in [0.4, 0.5) is 0 Å². The number of pyridine rings is 1. The molecule has 0 fully saturated rings. The Morgan fingerprint density at radius 3 is 2.81 bits per heavy atom. The predicted octanol–water partition coefficient (Wildman–Crippen LogP) is 0.364. The highest BCUT2D eigenvalue weighted by molar-refractivity contribution is 5.92. The lowest BCUT2D eigenvalue weighted by atomic mass is 10.2. The highest BCUT2D eigenvalue weighted by atomic mass is 16.1. The molecule has 1 amide bonds. The van der Waals surface area contributed by atoms with E-state index in [2.05, 4.69) is 27.2 Å². The molecule has 0 radical (unpaired) electrons. The highest BCUT2D eigenvalue weighted by Crippen LogP contribution is 2.05. The maximum atomic E-state index is 12.0. The lowest BCUT2D eigenvalue weighted by Gasteiger charge is -2.04. The average molecular weight is 283 g/mol. The van der Waals surface area contributed by atoms with Gasteiger partial charge >= 0.3 is 0 Å². The molecule has 6 nitrogen and oxygen atoms in total. The number of hydrogen-bond donors (Lipinski definition) is 2. The van der Waals surface area contributed by atoms with Crippen LogP contribution in [-0.2, 0) is 13.6 Å². The maximum absolute atomic E-state index is 12.0. The molecule has 21 heavy (non-hydrogen) atoms. The molecule has 108 valence electrons. The third-order valence-electron chi connectivity index (χ3n) is 3.11. The predicted molar refractivity (Wildman–Crippen MR) is 79.3 cm³/mol. The number of nitrogens with one attached hydrogen (secondary N) is 1. The molecule has 0 saturated carbocycles. The van der Waals surface area contributed by atoms with Crippen LogP contribution in [0.15, 0.2) is 24.5 Å². The van der Waals surface area contributed by atoms with Crippen molar-refractivity contribution in [2.24, 2.45) is 12.8 Å². The largest absolute Gasteiger partial charge is 0.346 e. The molecule has 3 N–H and O–H groups in total. The Labute approximate surface area is 123 Å². The van der Waals surface area contributed by atoms with E-state index in [1.54, 1.807) is 29.2 Å². The van der Waals surface area contributed by atoms with Crippen molar-refractivity contribution in [3.8, 4) is 11.8 Å². The molecular weight excluding hydrogens is 266 g/mol. The van der Waals surface area contributed by atoms with Crippen molar-refractivity contribution in [2.75, 3.05) is 6.54 Å². The van der Waals surface area contributed by atoms with Crippen molar-refractivity contribution in [3.63, 3.8) is 0 Å². The van der Waals surface area contributed by atoms with E-state index in [4.69, 9.17) is 5.73 Å². The van der Waals surface area contributed by atoms with Gasteiger partial charge in [0.2, 0.25) is 0 Å². The molecule has 0 atom stereocenters. The third kappa shape index (κ3) is 3.68. The molecular formula is C15H17N5O. The third-order valence-corrected chi connectivity index (χ3v) is 3.11. The van der Waals surface area contributed by atoms with E-state index >= 15 is 0 Å². The summed E-state index contributed by atoms with van der Waals surface area (Å²) in [6.45, 7) is 2.68. The van der Waals surface area contributed by atoms with Crippen molar-refractivity contribution in [2.45, 2.75) is 13.5 Å². The van der Waals surface area contributed by atoms with Crippen LogP contribution >= 0.6 is 0 Å². The molecule has 0 aliphatic rings. The number of nitrogens with two attached hydrogens (primary N) is 1. The Bertz CT molecular complexity index is 691. The molecule has 2 heterocycles. The average Bonchev–Trinajstić information content (AvgIpc) is 2.83. The number of aromatic nitrogens is 3. The van der Waals surface area contributed by atoms with Gasteiger partial charge in [-0.25, -0.2) is 4.98 Å². The molecule has 0 saturated heterocycles. The Morgan fingerprint density at radius 1 is 1.43 bits per heavy atom. The van der Waals surface area contributed by atoms with Crippen LogP contribution in [0.2, 0.25) is 0 Å². The van der Waals surface area contributed by atoms with Gasteiger partial charge in [0.05, 0.1) is 12.7 Å². The van der Waals surface area contributed by atoms with Gasteiger partial charge in [0.25, 0.3) is 5.91 Å². The van der Waals surface area contributed by atoms with Crippen molar-refractivity contribution in [3.05, 3.63) is 47.0 Å². The standard InChI is InChI=1S/C15H17N5O/c1-11-13(10-19-20(11)2)9-18-15(21)14-6-5-12(8-17-14)4-3-7-16/h5-6,8,10H,7,9,16H2,1-2H3,(H,18,21). The number of hydrogen-bond acceptors (Lipinski definition) is 4. The van der Waals surface area contributed by atoms with Crippen LogP contribution in [0.3, 0.4) is 0 Å². The summed E-state index contributed by atoms with van der Waals surface area (Å²) in [7, 11) is 1.86. The number of carbonyl (C=O) groups excluding carboxylic acids is 1. The van der Waals surface area contributed by atoms with Crippen LogP contribution in [0, 0.1) is 18.8 Å². The first kappa shape index (κ1) is 14.8. The van der Waals surface area contributed by atoms with Gasteiger partial charge in [0.1, 0.15) is 5.69 Å². The molecule has 2 rings (SSSR count). The molecule has 0 aromatic carbocycles. The Kier molecular flexibility index (Phi) is 4.69. The minimum absolute atomic E-state index is 0.225. The Hall–Kier alpha value is -2.65. The number of carbonyl (C=O) groups is 1. The zero-order chi connectivity index (χ0) is 15.2. The van der Waals surface area contributed by atoms with Crippen LogP contribution in [0.5, 0.6) is 0 Å². The summed E-state index contributed by atoms with van der Waals surface area (Å²) in [5, 5.41) is 6.95. The second-order valence-corrected chi connectivity index (χ2v) is 4.50. The molecule has 2 aromatic heterocycles. The summed E-state index contributed by atoms with van der Waals surface area (Å²) >= 11 is 0. The number of nitrogens with zero attached hydrogens (tertiary/aromatic N) is 3. The summed E-state index contributed by atoms with van der Waals surface area (Å²) in [4.78, 5) is 16.1. The minimum Gasteiger partial charge on any atom is -0.346 e. The lowest BCUT2D eigenvalue weighted by molar-refractivity contribution is 0.0946. The maximum Gasteiger partial charge on any atom is 0.270 e. The Balaban J connectivity index is 1.99. The highest BCUT2D eigenvalue weighted by Gasteiger charge is 2.09. The van der Waals surface area contributed by atoms with Gasteiger partial charge in [0.15, 0.2) is 0 Å². The smallest absolute Gasteiger partial charge is 0.270 e. The zero-order valence-corrected chi connectivity index (χ0v) is 12.1. The number of amides is 1. The lowest BCUT2D eigenvalue weighted by Crippen LogP contribution is -2.24. The molecule has 0 spiro atoms. The first-order valence-corrected chi connectivity index (χ1v) is 6.52. The summed E-state index contributed by atoms with van der Waals surface area (Å²) in [5.41, 5.74) is 8.40. The van der Waals surface area contributed by atoms with E-state index in [0.29, 0.717) is 18.8 Å². The number of aryl methyl sites for hydroxylation is 1. The topological polar surface area (TPSA) is 85.8 Å². The van der Waals surface area contributed by atoms with E-state index in [-0.39, 0.29) is 5.91 Å². The number of rotatable bonds is 3. The van der Waals surface area contributed by atoms with Gasteiger partial charge in [-0.05, 0) is 19.1 Å². The minimum atomic E-state index is -0.225. The SMILES string of the molecule is Cc1c(CNC(=O)c2ccc(C#CCN)cn2)cnn1C. The van der Waals surface area contributed by atoms with E-state index in [9.17, 15) is 4.79 Å². The normalized spacial score (nSPS) is 9.86. The first-order chi connectivity index (χ1) is 10.1. The van der Waals surface area contributed by atoms with Gasteiger partial charge in [0, 0.05) is 36.6 Å². The van der Waals surface area contributed by atoms with Gasteiger partial charge in [-0.1, -0.05) is 11.8 Å². The van der Waals surface area contributed by atoms with E-state index in [1.165, 1.54) is 0 Å². The van der Waals surface area contributed by atoms with Crippen LogP contribution < -0.4 is 11.1 Å². The van der Waals surface area contributed by atoms with Gasteiger partial charge in [-0.2, -0.15) is 5.10 Å². The zero-order valence-electron chi connectivity index (χ0n) is 12.1. The second-order valence-electron chi connectivity index (χ2n) is 4.50. The quantitative estimate of drug-likeness (QED) is 0.797. The summed E-state index contributed by atoms with van der Waals surface area (Å²) in [5.74, 6) is 5.37. The van der Waals surface area contributed by atoms with E-state index in [1.807, 2.05) is 14.0 Å². The first-order valence-electron chi connectivity index (χ1n) is 6.52. The van der Waals surface area contributed by atoms with Crippen molar-refractivity contribution < 1.29 is 4.79 Å². The fourth-order valence-electron chi connectivity index (χ4n) is 1.74. The van der Waals surface area contributed by atoms with Crippen LogP contribution in [0.25, 0.3) is 0 Å². The monoisotopic (exact) mass is 283 g/mol. The van der Waals surface area contributed by atoms with Crippen molar-refractivity contribution >= 4 is 5.91 Å². The van der Waals surface area contributed by atoms with Crippen molar-refractivity contribution in [1.82, 2.24) is 20.1 Å². The van der Waals surface area contributed by atoms with E-state index < -0.39 is 0 Å². The molecule has 6 heteroatoms. The summed E-state index contributed by atoms with van der Waals surface area (Å²) < 4.78 is 1.77. The molecule has 2 aromatic rings. The molecule has 0 aliphatic heterocycles. The van der Waals surface area contributed by atoms with Crippen LogP contribution in [0.1, 0.15) is 27.3 Å².